The zero-order chi connectivity index (χ0) is 19.5. The second kappa shape index (κ2) is 8.57. The number of nitrogens with one attached hydrogen (secondary N) is 1. The number of thioether (sulfide) groups is 1. The van der Waals surface area contributed by atoms with Gasteiger partial charge in [-0.1, -0.05) is 19.3 Å². The molecule has 1 aromatic heterocycles. The van der Waals surface area contributed by atoms with Crippen LogP contribution >= 0.6 is 11.8 Å². The maximum atomic E-state index is 11.9. The van der Waals surface area contributed by atoms with Crippen molar-refractivity contribution in [3.8, 4) is 0 Å². The van der Waals surface area contributed by atoms with Crippen molar-refractivity contribution < 1.29 is 4.79 Å². The lowest BCUT2D eigenvalue weighted by molar-refractivity contribution is 0.209. The van der Waals surface area contributed by atoms with Gasteiger partial charge in [0.2, 0.25) is 0 Å². The van der Waals surface area contributed by atoms with Gasteiger partial charge in [0.15, 0.2) is 0 Å². The fourth-order valence-electron chi connectivity index (χ4n) is 4.21. The smallest absolute Gasteiger partial charge is 0.322 e. The Labute approximate surface area is 171 Å². The van der Waals surface area contributed by atoms with Crippen LogP contribution in [0, 0.1) is 0 Å². The quantitative estimate of drug-likeness (QED) is 0.812. The van der Waals surface area contributed by atoms with Crippen LogP contribution in [0.1, 0.15) is 44.1 Å². The number of anilines is 1. The van der Waals surface area contributed by atoms with Crippen LogP contribution in [0.15, 0.2) is 41.2 Å². The lowest BCUT2D eigenvalue weighted by atomic mass is 10.0. The first-order chi connectivity index (χ1) is 13.7. The number of nitrogens with two attached hydrogens (primary N) is 1. The Morgan fingerprint density at radius 1 is 1.29 bits per heavy atom. The van der Waals surface area contributed by atoms with Crippen LogP contribution in [0.25, 0.3) is 0 Å². The molecule has 0 saturated heterocycles. The van der Waals surface area contributed by atoms with Crippen molar-refractivity contribution in [3.05, 3.63) is 41.9 Å². The summed E-state index contributed by atoms with van der Waals surface area (Å²) in [4.78, 5) is 21.7. The number of pyridine rings is 1. The van der Waals surface area contributed by atoms with Crippen molar-refractivity contribution in [2.75, 3.05) is 18.5 Å². The lowest BCUT2D eigenvalue weighted by Gasteiger charge is -2.35. The van der Waals surface area contributed by atoms with Crippen LogP contribution < -0.4 is 16.0 Å². The van der Waals surface area contributed by atoms with E-state index >= 15 is 0 Å². The van der Waals surface area contributed by atoms with Gasteiger partial charge in [0, 0.05) is 41.8 Å². The minimum atomic E-state index is -0.480. The summed E-state index contributed by atoms with van der Waals surface area (Å²) >= 11 is 2.00. The summed E-state index contributed by atoms with van der Waals surface area (Å²) in [5, 5.41) is 3.35. The molecule has 3 heterocycles. The molecular weight excluding hydrogens is 370 g/mol. The Kier molecular flexibility index (Phi) is 5.92. The molecule has 0 spiro atoms. The predicted molar refractivity (Wildman–Crippen MR) is 114 cm³/mol. The number of carbonyl (C=O) groups excluding carboxylic acids is 1. The third-order valence-corrected chi connectivity index (χ3v) is 6.99. The van der Waals surface area contributed by atoms with E-state index in [0.29, 0.717) is 0 Å². The normalized spacial score (nSPS) is 22.6. The van der Waals surface area contributed by atoms with Gasteiger partial charge in [-0.15, -0.1) is 11.8 Å². The highest BCUT2D eigenvalue weighted by molar-refractivity contribution is 8.00. The molecule has 6 nitrogen and oxygen atoms in total. The average Bonchev–Trinajstić information content (AvgIpc) is 2.73. The van der Waals surface area contributed by atoms with Crippen LogP contribution in [0.3, 0.4) is 0 Å². The fourth-order valence-corrected chi connectivity index (χ4v) is 5.49. The van der Waals surface area contributed by atoms with Crippen LogP contribution in [-0.4, -0.2) is 40.9 Å². The molecule has 7 heteroatoms. The monoisotopic (exact) mass is 399 g/mol. The molecule has 3 aliphatic rings. The molecule has 1 atom stereocenters. The Morgan fingerprint density at radius 2 is 2.11 bits per heavy atom. The van der Waals surface area contributed by atoms with E-state index in [9.17, 15) is 4.79 Å². The van der Waals surface area contributed by atoms with Gasteiger partial charge in [0.1, 0.15) is 12.0 Å². The largest absolute Gasteiger partial charge is 0.341 e. The Hall–Kier alpha value is -1.99. The summed E-state index contributed by atoms with van der Waals surface area (Å²) < 4.78 is 0. The van der Waals surface area contributed by atoms with E-state index in [1.165, 1.54) is 47.5 Å². The van der Waals surface area contributed by atoms with Crippen molar-refractivity contribution in [2.24, 2.45) is 5.73 Å². The number of hydrogen-bond acceptors (Lipinski definition) is 5. The molecule has 28 heavy (non-hydrogen) atoms. The van der Waals surface area contributed by atoms with Crippen LogP contribution in [0.4, 0.5) is 10.6 Å². The van der Waals surface area contributed by atoms with Gasteiger partial charge in [-0.3, -0.25) is 4.90 Å². The predicted octanol–water partition coefficient (Wildman–Crippen LogP) is 3.60. The van der Waals surface area contributed by atoms with Gasteiger partial charge in [-0.05, 0) is 49.5 Å². The van der Waals surface area contributed by atoms with Gasteiger partial charge in [-0.2, -0.15) is 0 Å². The van der Waals surface area contributed by atoms with Crippen molar-refractivity contribution in [1.29, 1.82) is 0 Å². The van der Waals surface area contributed by atoms with E-state index in [1.807, 2.05) is 30.1 Å². The second-order valence-corrected chi connectivity index (χ2v) is 9.02. The molecule has 1 fully saturated rings. The molecule has 150 valence electrons. The summed E-state index contributed by atoms with van der Waals surface area (Å²) in [5.74, 6) is 1.02. The number of allylic oxidation sites excluding steroid dienone is 1. The summed E-state index contributed by atoms with van der Waals surface area (Å²) in [5.41, 5.74) is 8.50. The zero-order valence-electron chi connectivity index (χ0n) is 16.4. The number of amides is 2. The Bertz CT molecular complexity index is 787. The maximum Gasteiger partial charge on any atom is 0.322 e. The first-order valence-corrected chi connectivity index (χ1v) is 11.1. The minimum Gasteiger partial charge on any atom is -0.341 e. The maximum absolute atomic E-state index is 11.9. The Balaban J connectivity index is 1.51. The summed E-state index contributed by atoms with van der Waals surface area (Å²) in [6.45, 7) is 0.915. The molecule has 1 aliphatic carbocycles. The van der Waals surface area contributed by atoms with Gasteiger partial charge in [0.05, 0.1) is 0 Å². The number of nitrogens with zero attached hydrogens (tertiary/aromatic N) is 3. The number of aryl methyl sites for hydroxylation is 1. The molecule has 1 saturated carbocycles. The molecule has 1 aromatic rings. The highest BCUT2D eigenvalue weighted by atomic mass is 32.2. The zero-order valence-corrected chi connectivity index (χ0v) is 17.3. The van der Waals surface area contributed by atoms with Crippen molar-refractivity contribution in [3.63, 3.8) is 0 Å². The van der Waals surface area contributed by atoms with Crippen molar-refractivity contribution in [2.45, 2.75) is 61.3 Å². The lowest BCUT2D eigenvalue weighted by Crippen LogP contribution is -2.47. The molecule has 1 unspecified atom stereocenters. The van der Waals surface area contributed by atoms with Crippen LogP contribution in [-0.2, 0) is 6.42 Å². The molecule has 0 bridgehead atoms. The number of hydrogen-bond donors (Lipinski definition) is 2. The van der Waals surface area contributed by atoms with Crippen molar-refractivity contribution >= 4 is 23.6 Å². The number of carbonyl (C=O) groups is 1. The highest BCUT2D eigenvalue weighted by Crippen LogP contribution is 2.37. The fraction of sp³-hybridized carbons (Fsp3) is 0.524. The molecule has 3 N–H and O–H groups in total. The molecule has 0 radical (unpaired) electrons. The molecular formula is C21H29N5OS. The van der Waals surface area contributed by atoms with Gasteiger partial charge >= 0.3 is 6.03 Å². The number of urea groups is 1. The van der Waals surface area contributed by atoms with Gasteiger partial charge < -0.3 is 16.0 Å². The first kappa shape index (κ1) is 19.3. The first-order valence-electron chi connectivity index (χ1n) is 10.2. The summed E-state index contributed by atoms with van der Waals surface area (Å²) in [7, 11) is 1.61. The number of fused-ring (bicyclic) bond motifs is 1. The average molecular weight is 400 g/mol. The number of aromatic nitrogens is 1. The van der Waals surface area contributed by atoms with Crippen LogP contribution in [0.2, 0.25) is 0 Å². The van der Waals surface area contributed by atoms with E-state index in [1.54, 1.807) is 13.2 Å². The Morgan fingerprint density at radius 3 is 2.86 bits per heavy atom. The van der Waals surface area contributed by atoms with E-state index in [0.717, 1.165) is 36.2 Å². The molecule has 0 aromatic carbocycles. The molecule has 2 amide bonds. The second-order valence-electron chi connectivity index (χ2n) is 7.65. The van der Waals surface area contributed by atoms with E-state index in [4.69, 9.17) is 10.7 Å². The molecule has 4 rings (SSSR count). The minimum absolute atomic E-state index is 0.208. The van der Waals surface area contributed by atoms with Crippen molar-refractivity contribution in [1.82, 2.24) is 15.2 Å². The SMILES string of the molecule is CNC(=O)N1C=CC(N2CCCc3cc(SC4CCCCC4)cnc32)=CC1N. The number of rotatable bonds is 3. The van der Waals surface area contributed by atoms with E-state index in [-0.39, 0.29) is 6.03 Å². The standard InChI is InChI=1S/C21H29N5OS/c1-23-21(27)26-11-9-16(13-19(26)22)25-10-5-6-15-12-18(14-24-20(15)25)28-17-7-3-2-4-8-17/h9,11-14,17,19H,2-8,10,22H2,1H3,(H,23,27). The third-order valence-electron chi connectivity index (χ3n) is 5.68. The summed E-state index contributed by atoms with van der Waals surface area (Å²) in [6, 6.07) is 2.12. The molecule has 2 aliphatic heterocycles. The third kappa shape index (κ3) is 4.05. The summed E-state index contributed by atoms with van der Waals surface area (Å²) in [6.07, 6.45) is 16.1. The van der Waals surface area contributed by atoms with Gasteiger partial charge in [-0.25, -0.2) is 9.78 Å². The van der Waals surface area contributed by atoms with Crippen LogP contribution in [0.5, 0.6) is 0 Å². The highest BCUT2D eigenvalue weighted by Gasteiger charge is 2.26. The topological polar surface area (TPSA) is 74.5 Å². The van der Waals surface area contributed by atoms with Gasteiger partial charge in [0.25, 0.3) is 0 Å². The van der Waals surface area contributed by atoms with E-state index < -0.39 is 6.17 Å². The van der Waals surface area contributed by atoms with E-state index in [2.05, 4.69) is 16.3 Å².